The van der Waals surface area contributed by atoms with Crippen LogP contribution in [0.15, 0.2) is 72.8 Å². The Hall–Kier alpha value is -4.76. The highest BCUT2D eigenvalue weighted by Crippen LogP contribution is 2.28. The number of nitrogens with zero attached hydrogens (tertiary/aromatic N) is 3. The molecule has 3 heterocycles. The van der Waals surface area contributed by atoms with Crippen LogP contribution in [0.5, 0.6) is 5.75 Å². The summed E-state index contributed by atoms with van der Waals surface area (Å²) in [5.41, 5.74) is 11.3. The van der Waals surface area contributed by atoms with Crippen LogP contribution in [0.2, 0.25) is 0 Å². The highest BCUT2D eigenvalue weighted by atomic mass is 16.3. The number of nitrogen functional groups attached to an aromatic ring is 1. The third-order valence-corrected chi connectivity index (χ3v) is 6.55. The Labute approximate surface area is 212 Å². The van der Waals surface area contributed by atoms with E-state index in [9.17, 15) is 5.11 Å². The van der Waals surface area contributed by atoms with Gasteiger partial charge in [0, 0.05) is 17.5 Å². The van der Waals surface area contributed by atoms with E-state index in [1.807, 2.05) is 60.7 Å². The number of aromatic nitrogens is 5. The van der Waals surface area contributed by atoms with Crippen molar-refractivity contribution in [3.8, 4) is 5.75 Å². The Morgan fingerprint density at radius 3 is 2.49 bits per heavy atom. The zero-order valence-corrected chi connectivity index (χ0v) is 20.0. The van der Waals surface area contributed by atoms with Gasteiger partial charge in [-0.2, -0.15) is 0 Å². The van der Waals surface area contributed by atoms with E-state index in [0.29, 0.717) is 24.2 Å². The molecule has 9 heteroatoms. The molecule has 7 N–H and O–H groups in total. The van der Waals surface area contributed by atoms with Gasteiger partial charge in [-0.15, -0.1) is 0 Å². The molecule has 0 aliphatic rings. The summed E-state index contributed by atoms with van der Waals surface area (Å²) in [6.07, 6.45) is 0.734. The van der Waals surface area contributed by atoms with Gasteiger partial charge in [-0.3, -0.25) is 5.41 Å². The second-order valence-electron chi connectivity index (χ2n) is 9.08. The first kappa shape index (κ1) is 22.7. The van der Waals surface area contributed by atoms with Gasteiger partial charge in [-0.1, -0.05) is 30.3 Å². The van der Waals surface area contributed by atoms with Gasteiger partial charge < -0.3 is 26.1 Å². The Balaban J connectivity index is 1.25. The van der Waals surface area contributed by atoms with Gasteiger partial charge in [0.25, 0.3) is 0 Å². The molecule has 9 nitrogen and oxygen atoms in total. The number of aromatic amines is 2. The molecule has 184 valence electrons. The number of nitrogens with two attached hydrogens (primary N) is 1. The van der Waals surface area contributed by atoms with Crippen molar-refractivity contribution < 1.29 is 5.11 Å². The largest absolute Gasteiger partial charge is 0.506 e. The first-order chi connectivity index (χ1) is 18.0. The SMILES string of the molecule is N=C(N)c1ccc2nc(C(CCNCc3ccc4cccc(O)c4n3)c3nc4ccccc4[nH]3)[nH]c2c1. The molecular weight excluding hydrogens is 464 g/mol. The summed E-state index contributed by atoms with van der Waals surface area (Å²) in [5, 5.41) is 22.3. The molecule has 0 saturated heterocycles. The lowest BCUT2D eigenvalue weighted by Crippen LogP contribution is -2.19. The van der Waals surface area contributed by atoms with Gasteiger partial charge >= 0.3 is 0 Å². The topological polar surface area (TPSA) is 152 Å². The fourth-order valence-electron chi connectivity index (χ4n) is 4.64. The number of benzene rings is 3. The van der Waals surface area contributed by atoms with Gasteiger partial charge in [0.05, 0.1) is 33.7 Å². The van der Waals surface area contributed by atoms with Crippen LogP contribution in [-0.4, -0.2) is 42.4 Å². The number of phenols is 1. The fraction of sp³-hybridized carbons (Fsp3) is 0.143. The van der Waals surface area contributed by atoms with E-state index in [1.54, 1.807) is 12.1 Å². The number of H-pyrrole nitrogens is 2. The van der Waals surface area contributed by atoms with Crippen LogP contribution in [-0.2, 0) is 6.54 Å². The van der Waals surface area contributed by atoms with Crippen LogP contribution >= 0.6 is 0 Å². The van der Waals surface area contributed by atoms with Gasteiger partial charge in [0.2, 0.25) is 0 Å². The minimum atomic E-state index is -0.110. The summed E-state index contributed by atoms with van der Waals surface area (Å²) in [4.78, 5) is 21.2. The minimum absolute atomic E-state index is 0.0201. The molecule has 0 aliphatic heterocycles. The maximum absolute atomic E-state index is 10.1. The van der Waals surface area contributed by atoms with Crippen LogP contribution < -0.4 is 11.1 Å². The maximum Gasteiger partial charge on any atom is 0.141 e. The number of pyridine rings is 1. The predicted molar refractivity (Wildman–Crippen MR) is 145 cm³/mol. The molecule has 1 atom stereocenters. The van der Waals surface area contributed by atoms with Gasteiger partial charge in [0.15, 0.2) is 0 Å². The standard InChI is InChI=1S/C28H26N8O/c29-26(30)17-9-11-22-23(14-17)36-28(35-22)19(27-33-20-5-1-2-6-21(20)34-27)12-13-31-15-18-10-8-16-4-3-7-24(37)25(16)32-18/h1-11,14,19,31,37H,12-13,15H2,(H3,29,30)(H,33,34)(H,35,36). The highest BCUT2D eigenvalue weighted by Gasteiger charge is 2.22. The van der Waals surface area contributed by atoms with Crippen molar-refractivity contribution >= 4 is 38.8 Å². The summed E-state index contributed by atoms with van der Waals surface area (Å²) in [6.45, 7) is 1.26. The highest BCUT2D eigenvalue weighted by molar-refractivity contribution is 5.98. The number of amidine groups is 1. The van der Waals surface area contributed by atoms with E-state index < -0.39 is 0 Å². The minimum Gasteiger partial charge on any atom is -0.506 e. The number of para-hydroxylation sites is 3. The number of nitrogens with one attached hydrogen (secondary N) is 4. The van der Waals surface area contributed by atoms with E-state index >= 15 is 0 Å². The number of hydrogen-bond acceptors (Lipinski definition) is 6. The summed E-state index contributed by atoms with van der Waals surface area (Å²) in [5.74, 6) is 1.73. The van der Waals surface area contributed by atoms with Crippen molar-refractivity contribution in [1.29, 1.82) is 5.41 Å². The van der Waals surface area contributed by atoms with Crippen molar-refractivity contribution in [3.63, 3.8) is 0 Å². The van der Waals surface area contributed by atoms with Crippen molar-refractivity contribution in [2.24, 2.45) is 5.73 Å². The van der Waals surface area contributed by atoms with E-state index in [0.717, 1.165) is 51.2 Å². The number of fused-ring (bicyclic) bond motifs is 3. The van der Waals surface area contributed by atoms with E-state index in [1.165, 1.54) is 0 Å². The van der Waals surface area contributed by atoms with Crippen LogP contribution in [0.3, 0.4) is 0 Å². The second-order valence-corrected chi connectivity index (χ2v) is 9.08. The Morgan fingerprint density at radius 1 is 0.892 bits per heavy atom. The van der Waals surface area contributed by atoms with Crippen LogP contribution in [0.1, 0.15) is 35.2 Å². The second kappa shape index (κ2) is 9.36. The molecule has 37 heavy (non-hydrogen) atoms. The quantitative estimate of drug-likeness (QED) is 0.106. The summed E-state index contributed by atoms with van der Waals surface area (Å²) in [7, 11) is 0. The predicted octanol–water partition coefficient (Wildman–Crippen LogP) is 4.29. The average Bonchev–Trinajstić information content (AvgIpc) is 3.52. The lowest BCUT2D eigenvalue weighted by atomic mass is 10.0. The van der Waals surface area contributed by atoms with Crippen LogP contribution in [0.4, 0.5) is 0 Å². The molecule has 3 aromatic carbocycles. The average molecular weight is 491 g/mol. The molecule has 0 bridgehead atoms. The number of rotatable bonds is 8. The molecule has 0 saturated carbocycles. The molecule has 0 amide bonds. The van der Waals surface area contributed by atoms with Gasteiger partial charge in [-0.25, -0.2) is 15.0 Å². The molecule has 0 aliphatic carbocycles. The normalized spacial score (nSPS) is 12.4. The van der Waals surface area contributed by atoms with Crippen LogP contribution in [0, 0.1) is 5.41 Å². The molecule has 0 radical (unpaired) electrons. The zero-order valence-electron chi connectivity index (χ0n) is 20.0. The smallest absolute Gasteiger partial charge is 0.141 e. The molecule has 1 unspecified atom stereocenters. The van der Waals surface area contributed by atoms with E-state index in [4.69, 9.17) is 21.1 Å². The van der Waals surface area contributed by atoms with Crippen molar-refractivity contribution in [2.75, 3.05) is 6.54 Å². The number of aromatic hydroxyl groups is 1. The van der Waals surface area contributed by atoms with E-state index in [2.05, 4.69) is 20.3 Å². The van der Waals surface area contributed by atoms with Gasteiger partial charge in [-0.05, 0) is 55.4 Å². The summed E-state index contributed by atoms with van der Waals surface area (Å²) < 4.78 is 0. The molecule has 6 rings (SSSR count). The third kappa shape index (κ3) is 4.48. The third-order valence-electron chi connectivity index (χ3n) is 6.55. The molecular formula is C28H26N8O. The fourth-order valence-corrected chi connectivity index (χ4v) is 4.64. The number of imidazole rings is 2. The molecule has 3 aromatic heterocycles. The van der Waals surface area contributed by atoms with Gasteiger partial charge in [0.1, 0.15) is 28.8 Å². The monoisotopic (exact) mass is 490 g/mol. The first-order valence-corrected chi connectivity index (χ1v) is 12.1. The summed E-state index contributed by atoms with van der Waals surface area (Å²) in [6, 6.07) is 22.8. The Morgan fingerprint density at radius 2 is 1.68 bits per heavy atom. The Bertz CT molecular complexity index is 1720. The lowest BCUT2D eigenvalue weighted by Gasteiger charge is -2.13. The van der Waals surface area contributed by atoms with Crippen molar-refractivity contribution in [2.45, 2.75) is 18.9 Å². The van der Waals surface area contributed by atoms with E-state index in [-0.39, 0.29) is 17.5 Å². The zero-order chi connectivity index (χ0) is 25.4. The molecule has 0 fully saturated rings. The number of phenolic OH excluding ortho intramolecular Hbond substituents is 1. The van der Waals surface area contributed by atoms with Crippen LogP contribution in [0.25, 0.3) is 33.0 Å². The molecule has 6 aromatic rings. The lowest BCUT2D eigenvalue weighted by molar-refractivity contribution is 0.480. The summed E-state index contributed by atoms with van der Waals surface area (Å²) >= 11 is 0. The molecule has 0 spiro atoms. The number of hydrogen-bond donors (Lipinski definition) is 6. The maximum atomic E-state index is 10.1. The van der Waals surface area contributed by atoms with Crippen molar-refractivity contribution in [3.05, 3.63) is 95.7 Å². The van der Waals surface area contributed by atoms with Crippen molar-refractivity contribution in [1.82, 2.24) is 30.2 Å². The Kier molecular flexibility index (Phi) is 5.74. The first-order valence-electron chi connectivity index (χ1n) is 12.1.